The molecule has 1 aromatic rings. The lowest BCUT2D eigenvalue weighted by molar-refractivity contribution is -0.133. The molecule has 1 unspecified atom stereocenters. The summed E-state index contributed by atoms with van der Waals surface area (Å²) >= 11 is 0. The molecule has 10 heteroatoms. The first-order chi connectivity index (χ1) is 17.4. The van der Waals surface area contributed by atoms with E-state index in [1.54, 1.807) is 28.0 Å². The molecule has 0 saturated carbocycles. The molecule has 37 heavy (non-hydrogen) atoms. The van der Waals surface area contributed by atoms with Gasteiger partial charge in [0.15, 0.2) is 0 Å². The van der Waals surface area contributed by atoms with E-state index in [0.29, 0.717) is 63.1 Å². The molecule has 3 rings (SSSR count). The maximum Gasteiger partial charge on any atom is 0.410 e. The highest BCUT2D eigenvalue weighted by molar-refractivity contribution is 6.24. The number of amides is 5. The Balaban J connectivity index is 1.42. The van der Waals surface area contributed by atoms with Gasteiger partial charge in [-0.25, -0.2) is 4.79 Å². The Morgan fingerprint density at radius 2 is 1.59 bits per heavy atom. The fourth-order valence-electron chi connectivity index (χ4n) is 4.39. The van der Waals surface area contributed by atoms with Crippen LogP contribution in [0.5, 0.6) is 0 Å². The highest BCUT2D eigenvalue weighted by atomic mass is 16.6. The predicted octanol–water partition coefficient (Wildman–Crippen LogP) is 3.66. The predicted molar refractivity (Wildman–Crippen MR) is 138 cm³/mol. The van der Waals surface area contributed by atoms with E-state index in [0.717, 1.165) is 0 Å². The third kappa shape index (κ3) is 6.87. The molecule has 0 aromatic heterocycles. The average molecular weight is 515 g/mol. The Kier molecular flexibility index (Phi) is 8.94. The normalized spacial score (nSPS) is 16.5. The summed E-state index contributed by atoms with van der Waals surface area (Å²) in [6.45, 7) is 11.0. The molecule has 202 valence electrons. The van der Waals surface area contributed by atoms with E-state index in [2.05, 4.69) is 5.32 Å². The van der Waals surface area contributed by atoms with Crippen molar-refractivity contribution in [2.75, 3.05) is 31.5 Å². The fourth-order valence-corrected chi connectivity index (χ4v) is 4.39. The minimum Gasteiger partial charge on any atom is -0.444 e. The van der Waals surface area contributed by atoms with Crippen LogP contribution in [0.4, 0.5) is 10.5 Å². The summed E-state index contributed by atoms with van der Waals surface area (Å²) in [4.78, 5) is 67.5. The number of rotatable bonds is 8. The number of fused-ring (bicyclic) bond motifs is 1. The number of carbonyl (C=O) groups is 5. The van der Waals surface area contributed by atoms with Gasteiger partial charge in [-0.15, -0.1) is 0 Å². The summed E-state index contributed by atoms with van der Waals surface area (Å²) in [5, 5.41) is 2.77. The summed E-state index contributed by atoms with van der Waals surface area (Å²) in [6.07, 6.45) is 1.85. The van der Waals surface area contributed by atoms with Crippen LogP contribution in [0.3, 0.4) is 0 Å². The zero-order valence-corrected chi connectivity index (χ0v) is 22.5. The van der Waals surface area contributed by atoms with Gasteiger partial charge in [-0.2, -0.15) is 0 Å². The molecule has 0 aliphatic carbocycles. The van der Waals surface area contributed by atoms with E-state index in [4.69, 9.17) is 4.74 Å². The van der Waals surface area contributed by atoms with E-state index in [1.807, 2.05) is 34.6 Å². The summed E-state index contributed by atoms with van der Waals surface area (Å²) in [5.74, 6) is -0.994. The third-order valence-corrected chi connectivity index (χ3v) is 6.58. The molecule has 0 spiro atoms. The molecule has 2 aliphatic rings. The van der Waals surface area contributed by atoms with Crippen molar-refractivity contribution in [3.05, 3.63) is 29.3 Å². The highest BCUT2D eigenvalue weighted by Gasteiger charge is 2.39. The quantitative estimate of drug-likeness (QED) is 0.418. The van der Waals surface area contributed by atoms with Gasteiger partial charge in [-0.1, -0.05) is 13.0 Å². The number of unbranched alkanes of at least 4 members (excludes halogenated alkanes) is 1. The Hall–Kier alpha value is -3.43. The molecule has 1 N–H and O–H groups in total. The third-order valence-electron chi connectivity index (χ3n) is 6.58. The van der Waals surface area contributed by atoms with E-state index < -0.39 is 5.60 Å². The van der Waals surface area contributed by atoms with Crippen LogP contribution in [-0.4, -0.2) is 82.2 Å². The van der Waals surface area contributed by atoms with Crippen molar-refractivity contribution < 1.29 is 28.7 Å². The summed E-state index contributed by atoms with van der Waals surface area (Å²) < 4.78 is 5.38. The van der Waals surface area contributed by atoms with E-state index >= 15 is 0 Å². The number of hydrogen-bond acceptors (Lipinski definition) is 6. The molecule has 2 heterocycles. The molecule has 10 nitrogen and oxygen atoms in total. The second-order valence-electron chi connectivity index (χ2n) is 10.6. The van der Waals surface area contributed by atoms with Crippen molar-refractivity contribution in [3.8, 4) is 0 Å². The van der Waals surface area contributed by atoms with Gasteiger partial charge in [0.2, 0.25) is 11.8 Å². The summed E-state index contributed by atoms with van der Waals surface area (Å²) in [5.41, 5.74) is 0.325. The lowest BCUT2D eigenvalue weighted by atomic mass is 10.1. The minimum atomic E-state index is -0.558. The Labute approximate surface area is 218 Å². The van der Waals surface area contributed by atoms with Crippen LogP contribution in [0.2, 0.25) is 0 Å². The Bertz CT molecular complexity index is 1060. The second-order valence-corrected chi connectivity index (χ2v) is 10.6. The number of hydrogen-bond donors (Lipinski definition) is 1. The number of ether oxygens (including phenoxy) is 1. The van der Waals surface area contributed by atoms with Crippen LogP contribution in [0.1, 0.15) is 87.4 Å². The number of nitrogens with one attached hydrogen (secondary N) is 1. The van der Waals surface area contributed by atoms with Crippen molar-refractivity contribution in [2.45, 2.75) is 78.4 Å². The van der Waals surface area contributed by atoms with Crippen LogP contribution >= 0.6 is 0 Å². The van der Waals surface area contributed by atoms with Crippen LogP contribution in [-0.2, 0) is 14.3 Å². The fraction of sp³-hybridized carbons (Fsp3) is 0.593. The number of piperazine rings is 1. The molecule has 5 amide bonds. The molecule has 1 atom stereocenters. The number of benzene rings is 1. The van der Waals surface area contributed by atoms with Crippen molar-refractivity contribution in [2.24, 2.45) is 0 Å². The largest absolute Gasteiger partial charge is 0.444 e. The summed E-state index contributed by atoms with van der Waals surface area (Å²) in [7, 11) is 0. The molecule has 2 aliphatic heterocycles. The van der Waals surface area contributed by atoms with Gasteiger partial charge in [-0.05, 0) is 59.1 Å². The molecular weight excluding hydrogens is 476 g/mol. The number of anilines is 1. The second kappa shape index (κ2) is 11.7. The lowest BCUT2D eigenvalue weighted by Crippen LogP contribution is -2.51. The van der Waals surface area contributed by atoms with Gasteiger partial charge in [-0.3, -0.25) is 24.1 Å². The standard InChI is InChI=1S/C27H38N4O6/c1-6-18(2)31-24(34)19-10-9-11-20(23(19)25(31)35)28-21(32)12-7-8-13-22(33)29-14-16-30(17-15-29)26(36)37-27(3,4)5/h9-11,18H,6-8,12-17H2,1-5H3,(H,28,32). The van der Waals surface area contributed by atoms with Gasteiger partial charge in [0.1, 0.15) is 5.60 Å². The van der Waals surface area contributed by atoms with Crippen LogP contribution in [0, 0.1) is 0 Å². The number of imide groups is 1. The molecular formula is C27H38N4O6. The molecule has 1 saturated heterocycles. The van der Waals surface area contributed by atoms with Gasteiger partial charge < -0.3 is 19.9 Å². The number of carbonyl (C=O) groups excluding carboxylic acids is 5. The molecule has 1 fully saturated rings. The zero-order chi connectivity index (χ0) is 27.3. The van der Waals surface area contributed by atoms with Crippen molar-refractivity contribution in [3.63, 3.8) is 0 Å². The number of nitrogens with zero attached hydrogens (tertiary/aromatic N) is 3. The van der Waals surface area contributed by atoms with Crippen molar-refractivity contribution >= 4 is 35.4 Å². The molecule has 1 aromatic carbocycles. The van der Waals surface area contributed by atoms with Crippen molar-refractivity contribution in [1.29, 1.82) is 0 Å². The van der Waals surface area contributed by atoms with E-state index in [9.17, 15) is 24.0 Å². The molecule has 0 radical (unpaired) electrons. The van der Waals surface area contributed by atoms with Gasteiger partial charge >= 0.3 is 6.09 Å². The first-order valence-electron chi connectivity index (χ1n) is 13.0. The van der Waals surface area contributed by atoms with Crippen molar-refractivity contribution in [1.82, 2.24) is 14.7 Å². The van der Waals surface area contributed by atoms with Gasteiger partial charge in [0, 0.05) is 45.1 Å². The smallest absolute Gasteiger partial charge is 0.410 e. The van der Waals surface area contributed by atoms with Crippen LogP contribution in [0.25, 0.3) is 0 Å². The lowest BCUT2D eigenvalue weighted by Gasteiger charge is -2.35. The monoisotopic (exact) mass is 514 g/mol. The first-order valence-corrected chi connectivity index (χ1v) is 13.0. The van der Waals surface area contributed by atoms with Crippen LogP contribution in [0.15, 0.2) is 18.2 Å². The van der Waals surface area contributed by atoms with Crippen LogP contribution < -0.4 is 5.32 Å². The van der Waals surface area contributed by atoms with Gasteiger partial charge in [0.05, 0.1) is 16.8 Å². The molecule has 0 bridgehead atoms. The highest BCUT2D eigenvalue weighted by Crippen LogP contribution is 2.31. The summed E-state index contributed by atoms with van der Waals surface area (Å²) in [6, 6.07) is 4.66. The zero-order valence-electron chi connectivity index (χ0n) is 22.5. The first kappa shape index (κ1) is 28.1. The maximum atomic E-state index is 12.9. The maximum absolute atomic E-state index is 12.9. The average Bonchev–Trinajstić information content (AvgIpc) is 3.10. The Morgan fingerprint density at radius 1 is 0.973 bits per heavy atom. The minimum absolute atomic E-state index is 0.000583. The van der Waals surface area contributed by atoms with Gasteiger partial charge in [0.25, 0.3) is 11.8 Å². The Morgan fingerprint density at radius 3 is 2.22 bits per heavy atom. The topological polar surface area (TPSA) is 116 Å². The van der Waals surface area contributed by atoms with E-state index in [1.165, 1.54) is 4.90 Å². The SMILES string of the molecule is CCC(C)N1C(=O)c2cccc(NC(=O)CCCCC(=O)N3CCN(C(=O)OC(C)(C)C)CC3)c2C1=O. The van der Waals surface area contributed by atoms with E-state index in [-0.39, 0.29) is 47.7 Å².